The third-order valence-corrected chi connectivity index (χ3v) is 2.99. The molecule has 1 aliphatic rings. The minimum absolute atomic E-state index is 0.787. The van der Waals surface area contributed by atoms with Crippen molar-refractivity contribution in [2.24, 2.45) is 0 Å². The van der Waals surface area contributed by atoms with E-state index in [2.05, 4.69) is 33.0 Å². The lowest BCUT2D eigenvalue weighted by Crippen LogP contribution is -2.19. The van der Waals surface area contributed by atoms with Crippen LogP contribution in [0.4, 0.5) is 0 Å². The van der Waals surface area contributed by atoms with Gasteiger partial charge in [-0.2, -0.15) is 0 Å². The minimum atomic E-state index is 0.787. The van der Waals surface area contributed by atoms with Crippen LogP contribution >= 0.6 is 0 Å². The van der Waals surface area contributed by atoms with Crippen LogP contribution in [-0.2, 0) is 6.42 Å². The summed E-state index contributed by atoms with van der Waals surface area (Å²) in [6.07, 6.45) is 4.04. The Morgan fingerprint density at radius 3 is 3.00 bits per heavy atom. The van der Waals surface area contributed by atoms with Gasteiger partial charge in [-0.05, 0) is 36.3 Å². The van der Waals surface area contributed by atoms with Crippen molar-refractivity contribution < 1.29 is 0 Å². The summed E-state index contributed by atoms with van der Waals surface area (Å²) in [5.41, 5.74) is 4.71. The molecule has 0 nitrogen and oxygen atoms in total. The molecule has 1 aromatic rings. The van der Waals surface area contributed by atoms with Gasteiger partial charge in [-0.3, -0.25) is 0 Å². The summed E-state index contributed by atoms with van der Waals surface area (Å²) in [5.74, 6) is 0.787. The van der Waals surface area contributed by atoms with Gasteiger partial charge < -0.3 is 0 Å². The van der Waals surface area contributed by atoms with Crippen LogP contribution < -0.4 is 5.46 Å². The third kappa shape index (κ3) is 1.18. The van der Waals surface area contributed by atoms with Gasteiger partial charge in [-0.1, -0.05) is 30.6 Å². The van der Waals surface area contributed by atoms with Crippen molar-refractivity contribution in [1.29, 1.82) is 0 Å². The van der Waals surface area contributed by atoms with Crippen LogP contribution in [0.2, 0.25) is 0 Å². The van der Waals surface area contributed by atoms with E-state index in [-0.39, 0.29) is 0 Å². The summed E-state index contributed by atoms with van der Waals surface area (Å²) in [7, 11) is 2.24. The number of rotatable bonds is 0. The van der Waals surface area contributed by atoms with Crippen LogP contribution in [0.15, 0.2) is 18.2 Å². The van der Waals surface area contributed by atoms with Crippen LogP contribution in [-0.4, -0.2) is 7.85 Å². The smallest absolute Gasteiger partial charge is 0.0853 e. The molecular formula is C11H15B. The van der Waals surface area contributed by atoms with Crippen molar-refractivity contribution >= 4 is 13.3 Å². The molecule has 0 radical (unpaired) electrons. The Bertz CT molecular complexity index is 291. The monoisotopic (exact) mass is 158 g/mol. The molecule has 0 bridgehead atoms. The number of hydrogen-bond acceptors (Lipinski definition) is 0. The molecule has 1 heteroatoms. The maximum Gasteiger partial charge on any atom is 0.139 e. The first-order valence-electron chi connectivity index (χ1n) is 4.87. The fourth-order valence-corrected chi connectivity index (χ4v) is 2.41. The summed E-state index contributed by atoms with van der Waals surface area (Å²) in [5, 5.41) is 0. The van der Waals surface area contributed by atoms with Crippen molar-refractivity contribution in [3.05, 3.63) is 29.3 Å². The Hall–Kier alpha value is -0.715. The number of aryl methyl sites for hydroxylation is 1. The van der Waals surface area contributed by atoms with Gasteiger partial charge in [0, 0.05) is 0 Å². The van der Waals surface area contributed by atoms with Gasteiger partial charge in [0.25, 0.3) is 0 Å². The second-order valence-corrected chi connectivity index (χ2v) is 3.94. The van der Waals surface area contributed by atoms with Crippen molar-refractivity contribution in [2.75, 3.05) is 0 Å². The molecule has 0 amide bonds. The molecule has 1 aliphatic carbocycles. The molecule has 1 atom stereocenters. The molecule has 0 saturated carbocycles. The van der Waals surface area contributed by atoms with Gasteiger partial charge in [-0.15, -0.1) is 0 Å². The quantitative estimate of drug-likeness (QED) is 0.500. The largest absolute Gasteiger partial charge is 0.139 e. The zero-order chi connectivity index (χ0) is 8.55. The Balaban J connectivity index is 2.53. The summed E-state index contributed by atoms with van der Waals surface area (Å²) >= 11 is 0. The van der Waals surface area contributed by atoms with E-state index in [1.165, 1.54) is 24.7 Å². The van der Waals surface area contributed by atoms with E-state index in [4.69, 9.17) is 0 Å². The molecule has 0 fully saturated rings. The molecule has 0 saturated heterocycles. The van der Waals surface area contributed by atoms with E-state index in [0.29, 0.717) is 0 Å². The maximum absolute atomic E-state index is 2.35. The van der Waals surface area contributed by atoms with Crippen LogP contribution in [0.1, 0.15) is 36.8 Å². The fourth-order valence-electron chi connectivity index (χ4n) is 2.41. The fraction of sp³-hybridized carbons (Fsp3) is 0.455. The highest BCUT2D eigenvalue weighted by atomic mass is 14.2. The molecule has 62 valence electrons. The lowest BCUT2D eigenvalue weighted by molar-refractivity contribution is 0.593. The lowest BCUT2D eigenvalue weighted by atomic mass is 9.76. The summed E-state index contributed by atoms with van der Waals surface area (Å²) in [6, 6.07) is 6.71. The molecule has 12 heavy (non-hydrogen) atoms. The van der Waals surface area contributed by atoms with Gasteiger partial charge in [-0.25, -0.2) is 0 Å². The summed E-state index contributed by atoms with van der Waals surface area (Å²) in [4.78, 5) is 0. The molecular weight excluding hydrogens is 143 g/mol. The summed E-state index contributed by atoms with van der Waals surface area (Å²) < 4.78 is 0. The van der Waals surface area contributed by atoms with E-state index in [0.717, 1.165) is 5.92 Å². The minimum Gasteiger partial charge on any atom is -0.0853 e. The molecule has 0 spiro atoms. The molecule has 0 aliphatic heterocycles. The molecule has 0 heterocycles. The van der Waals surface area contributed by atoms with E-state index in [9.17, 15) is 0 Å². The summed E-state index contributed by atoms with van der Waals surface area (Å²) in [6.45, 7) is 2.35. The first-order chi connectivity index (χ1) is 5.79. The average molecular weight is 158 g/mol. The third-order valence-electron chi connectivity index (χ3n) is 2.99. The predicted octanol–water partition coefficient (Wildman–Crippen LogP) is 1.38. The van der Waals surface area contributed by atoms with E-state index in [1.807, 2.05) is 0 Å². The van der Waals surface area contributed by atoms with Crippen LogP contribution in [0.3, 0.4) is 0 Å². The van der Waals surface area contributed by atoms with Gasteiger partial charge in [0.1, 0.15) is 7.85 Å². The maximum atomic E-state index is 2.35. The zero-order valence-corrected chi connectivity index (χ0v) is 7.93. The number of benzene rings is 1. The Labute approximate surface area is 75.4 Å². The SMILES string of the molecule is Bc1cccc2c1C(C)CCC2. The second kappa shape index (κ2) is 2.97. The standard InChI is InChI=1S/C11H15B/c1-8-4-2-5-9-6-3-7-10(12)11(8)9/h3,6-8H,2,4-5,12H2,1H3. The molecule has 1 unspecified atom stereocenters. The van der Waals surface area contributed by atoms with Crippen LogP contribution in [0, 0.1) is 0 Å². The topological polar surface area (TPSA) is 0 Å². The van der Waals surface area contributed by atoms with E-state index in [1.54, 1.807) is 11.1 Å². The molecule has 1 aromatic carbocycles. The van der Waals surface area contributed by atoms with Gasteiger partial charge in [0.2, 0.25) is 0 Å². The first-order valence-corrected chi connectivity index (χ1v) is 4.87. The van der Waals surface area contributed by atoms with E-state index >= 15 is 0 Å². The van der Waals surface area contributed by atoms with Gasteiger partial charge in [0.05, 0.1) is 0 Å². The highest BCUT2D eigenvalue weighted by molar-refractivity contribution is 6.33. The molecule has 0 N–H and O–H groups in total. The van der Waals surface area contributed by atoms with Gasteiger partial charge in [0.15, 0.2) is 0 Å². The first kappa shape index (κ1) is 7.91. The Kier molecular flexibility index (Phi) is 1.96. The number of hydrogen-bond donors (Lipinski definition) is 0. The highest BCUT2D eigenvalue weighted by Gasteiger charge is 2.16. The van der Waals surface area contributed by atoms with Crippen LogP contribution in [0.25, 0.3) is 0 Å². The lowest BCUT2D eigenvalue weighted by Gasteiger charge is -2.24. The van der Waals surface area contributed by atoms with Crippen molar-refractivity contribution in [1.82, 2.24) is 0 Å². The molecule has 2 rings (SSSR count). The molecule has 0 aromatic heterocycles. The average Bonchev–Trinajstić information content (AvgIpc) is 2.04. The second-order valence-electron chi connectivity index (χ2n) is 3.94. The Morgan fingerprint density at radius 2 is 2.25 bits per heavy atom. The predicted molar refractivity (Wildman–Crippen MR) is 56.0 cm³/mol. The van der Waals surface area contributed by atoms with Crippen LogP contribution in [0.5, 0.6) is 0 Å². The highest BCUT2D eigenvalue weighted by Crippen LogP contribution is 2.28. The zero-order valence-electron chi connectivity index (χ0n) is 7.93. The van der Waals surface area contributed by atoms with Crippen molar-refractivity contribution in [3.63, 3.8) is 0 Å². The van der Waals surface area contributed by atoms with E-state index < -0.39 is 0 Å². The normalized spacial score (nSPS) is 21.9. The van der Waals surface area contributed by atoms with Crippen molar-refractivity contribution in [2.45, 2.75) is 32.1 Å². The van der Waals surface area contributed by atoms with Gasteiger partial charge >= 0.3 is 0 Å². The Morgan fingerprint density at radius 1 is 1.42 bits per heavy atom. The van der Waals surface area contributed by atoms with Crippen molar-refractivity contribution in [3.8, 4) is 0 Å². The number of fused-ring (bicyclic) bond motifs is 1.